The molecule has 2 aromatic heterocycles. The second kappa shape index (κ2) is 10.6. The second-order valence-corrected chi connectivity index (χ2v) is 10.5. The largest absolute Gasteiger partial charge is 0.454 e. The Balaban J connectivity index is 1.37. The molecular weight excluding hydrogens is 480 g/mol. The first-order chi connectivity index (χ1) is 18.6. The third kappa shape index (κ3) is 4.90. The number of nitrogens with zero attached hydrogens (tertiary/aromatic N) is 5. The summed E-state index contributed by atoms with van der Waals surface area (Å²) in [5, 5.41) is 14.1. The number of pyridine rings is 1. The number of fused-ring (bicyclic) bond motifs is 2. The van der Waals surface area contributed by atoms with Gasteiger partial charge in [-0.05, 0) is 77.4 Å². The quantitative estimate of drug-likeness (QED) is 0.345. The molecule has 2 aliphatic rings. The van der Waals surface area contributed by atoms with Gasteiger partial charge in [0.05, 0.1) is 12.1 Å². The highest BCUT2D eigenvalue weighted by atomic mass is 16.7. The summed E-state index contributed by atoms with van der Waals surface area (Å²) in [6, 6.07) is 14.5. The molecule has 3 heterocycles. The van der Waals surface area contributed by atoms with Crippen LogP contribution in [0.3, 0.4) is 0 Å². The average Bonchev–Trinajstić information content (AvgIpc) is 3.60. The second-order valence-electron chi connectivity index (χ2n) is 10.5. The fourth-order valence-corrected chi connectivity index (χ4v) is 5.86. The zero-order chi connectivity index (χ0) is 26.1. The number of aryl methyl sites for hydroxylation is 1. The molecule has 0 radical (unpaired) electrons. The van der Waals surface area contributed by atoms with E-state index in [-0.39, 0.29) is 18.4 Å². The maximum absolute atomic E-state index is 13.2. The van der Waals surface area contributed by atoms with Gasteiger partial charge in [-0.3, -0.25) is 9.69 Å². The van der Waals surface area contributed by atoms with Crippen LogP contribution in [0.2, 0.25) is 0 Å². The van der Waals surface area contributed by atoms with E-state index in [1.54, 1.807) is 0 Å². The predicted octanol–water partition coefficient (Wildman–Crippen LogP) is 5.21. The van der Waals surface area contributed by atoms with Gasteiger partial charge in [0.25, 0.3) is 5.56 Å². The van der Waals surface area contributed by atoms with E-state index in [9.17, 15) is 4.79 Å². The Bertz CT molecular complexity index is 1490. The van der Waals surface area contributed by atoms with Crippen molar-refractivity contribution in [2.75, 3.05) is 6.79 Å². The molecule has 1 fully saturated rings. The topological polar surface area (TPSA) is 98.2 Å². The lowest BCUT2D eigenvalue weighted by atomic mass is 9.95. The Hall–Kier alpha value is -3.72. The molecule has 9 heteroatoms. The van der Waals surface area contributed by atoms with Gasteiger partial charge >= 0.3 is 0 Å². The van der Waals surface area contributed by atoms with Crippen LogP contribution < -0.4 is 15.0 Å². The van der Waals surface area contributed by atoms with Crippen LogP contribution in [0, 0.1) is 6.92 Å². The Morgan fingerprint density at radius 1 is 1.05 bits per heavy atom. The normalized spacial score (nSPS) is 16.4. The molecule has 1 unspecified atom stereocenters. The van der Waals surface area contributed by atoms with Crippen molar-refractivity contribution in [3.05, 3.63) is 75.3 Å². The van der Waals surface area contributed by atoms with E-state index in [1.807, 2.05) is 35.9 Å². The third-order valence-electron chi connectivity index (χ3n) is 7.84. The number of tetrazole rings is 1. The van der Waals surface area contributed by atoms with Gasteiger partial charge in [0, 0.05) is 24.2 Å². The van der Waals surface area contributed by atoms with Crippen molar-refractivity contribution in [2.24, 2.45) is 0 Å². The zero-order valence-electron chi connectivity index (χ0n) is 22.0. The molecule has 1 aliphatic carbocycles. The number of aromatic amines is 1. The summed E-state index contributed by atoms with van der Waals surface area (Å²) < 4.78 is 13.2. The molecule has 1 atom stereocenters. The van der Waals surface area contributed by atoms with E-state index in [0.717, 1.165) is 64.2 Å². The Morgan fingerprint density at radius 2 is 1.89 bits per heavy atom. The summed E-state index contributed by atoms with van der Waals surface area (Å²) >= 11 is 0. The van der Waals surface area contributed by atoms with Crippen LogP contribution in [0.4, 0.5) is 0 Å². The number of H-pyrrole nitrogens is 1. The molecule has 198 valence electrons. The first-order valence-corrected chi connectivity index (χ1v) is 13.6. The Kier molecular flexibility index (Phi) is 6.84. The maximum Gasteiger partial charge on any atom is 0.252 e. The number of nitrogens with one attached hydrogen (secondary N) is 1. The number of benzene rings is 2. The lowest BCUT2D eigenvalue weighted by Crippen LogP contribution is -2.33. The van der Waals surface area contributed by atoms with Crippen molar-refractivity contribution in [3.63, 3.8) is 0 Å². The summed E-state index contributed by atoms with van der Waals surface area (Å²) in [4.78, 5) is 18.6. The average molecular weight is 515 g/mol. The van der Waals surface area contributed by atoms with Crippen LogP contribution >= 0.6 is 0 Å². The molecule has 38 heavy (non-hydrogen) atoms. The van der Waals surface area contributed by atoms with Gasteiger partial charge in [-0.1, -0.05) is 44.4 Å². The highest BCUT2D eigenvalue weighted by molar-refractivity contribution is 5.79. The van der Waals surface area contributed by atoms with Crippen molar-refractivity contribution in [2.45, 2.75) is 77.5 Å². The lowest BCUT2D eigenvalue weighted by molar-refractivity contribution is 0.155. The molecule has 0 spiro atoms. The fraction of sp³-hybridized carbons (Fsp3) is 0.448. The van der Waals surface area contributed by atoms with Gasteiger partial charge in [-0.2, -0.15) is 0 Å². The fourth-order valence-electron chi connectivity index (χ4n) is 5.86. The van der Waals surface area contributed by atoms with Crippen LogP contribution in [0.15, 0.2) is 47.3 Å². The number of hydrogen-bond donors (Lipinski definition) is 1. The number of hydrogen-bond acceptors (Lipinski definition) is 7. The smallest absolute Gasteiger partial charge is 0.252 e. The molecule has 1 N–H and O–H groups in total. The molecule has 0 amide bonds. The minimum atomic E-state index is -0.0690. The third-order valence-corrected chi connectivity index (χ3v) is 7.84. The molecular formula is C29H34N6O3. The summed E-state index contributed by atoms with van der Waals surface area (Å²) in [5.74, 6) is 2.38. The predicted molar refractivity (Wildman–Crippen MR) is 144 cm³/mol. The summed E-state index contributed by atoms with van der Waals surface area (Å²) in [6.07, 6.45) is 6.68. The molecule has 1 aliphatic heterocycles. The van der Waals surface area contributed by atoms with Gasteiger partial charge in [0.15, 0.2) is 17.3 Å². The molecule has 0 bridgehead atoms. The number of rotatable bonds is 8. The molecule has 2 aromatic carbocycles. The SMILES string of the molecule is CCC(c1nnnn1C1CCCCC1)N(Cc1ccc2c(c1)OCO2)Cc1cc2ccc(C)cc2[nH]c1=O. The minimum Gasteiger partial charge on any atom is -0.454 e. The van der Waals surface area contributed by atoms with E-state index in [1.165, 1.54) is 19.3 Å². The first-order valence-electron chi connectivity index (χ1n) is 13.6. The van der Waals surface area contributed by atoms with Gasteiger partial charge in [0.2, 0.25) is 6.79 Å². The Morgan fingerprint density at radius 3 is 2.74 bits per heavy atom. The van der Waals surface area contributed by atoms with Gasteiger partial charge in [-0.15, -0.1) is 5.10 Å². The standard InChI is InChI=1S/C29H34N6O3/c1-3-25(28-31-32-33-35(28)23-7-5-4-6-8-23)34(16-20-10-12-26-27(14-20)38-18-37-26)17-22-15-21-11-9-19(2)13-24(21)30-29(22)36/h9-15,23,25H,3-8,16-18H2,1-2H3,(H,30,36). The van der Waals surface area contributed by atoms with Gasteiger partial charge in [0.1, 0.15) is 0 Å². The number of aromatic nitrogens is 5. The summed E-state index contributed by atoms with van der Waals surface area (Å²) in [6.45, 7) is 5.50. The van der Waals surface area contributed by atoms with Crippen LogP contribution in [-0.4, -0.2) is 36.9 Å². The molecule has 4 aromatic rings. The van der Waals surface area contributed by atoms with E-state index in [2.05, 4.69) is 50.5 Å². The van der Waals surface area contributed by atoms with E-state index < -0.39 is 0 Å². The number of ether oxygens (including phenoxy) is 2. The minimum absolute atomic E-state index is 0.0644. The van der Waals surface area contributed by atoms with Crippen molar-refractivity contribution >= 4 is 10.9 Å². The van der Waals surface area contributed by atoms with Crippen LogP contribution in [0.1, 0.15) is 80.0 Å². The van der Waals surface area contributed by atoms with Crippen molar-refractivity contribution < 1.29 is 9.47 Å². The Labute approximate surface area is 221 Å². The van der Waals surface area contributed by atoms with Crippen molar-refractivity contribution in [1.29, 1.82) is 0 Å². The monoisotopic (exact) mass is 514 g/mol. The highest BCUT2D eigenvalue weighted by Crippen LogP contribution is 2.35. The molecule has 9 nitrogen and oxygen atoms in total. The summed E-state index contributed by atoms with van der Waals surface area (Å²) in [5.41, 5.74) is 3.70. The molecule has 1 saturated carbocycles. The van der Waals surface area contributed by atoms with E-state index >= 15 is 0 Å². The molecule has 0 saturated heterocycles. The first kappa shape index (κ1) is 24.6. The van der Waals surface area contributed by atoms with E-state index in [0.29, 0.717) is 19.1 Å². The van der Waals surface area contributed by atoms with Gasteiger partial charge in [-0.25, -0.2) is 4.68 Å². The maximum atomic E-state index is 13.2. The van der Waals surface area contributed by atoms with Crippen LogP contribution in [0.5, 0.6) is 11.5 Å². The molecule has 6 rings (SSSR count). The van der Waals surface area contributed by atoms with Crippen molar-refractivity contribution in [3.8, 4) is 11.5 Å². The van der Waals surface area contributed by atoms with Gasteiger partial charge < -0.3 is 14.5 Å². The zero-order valence-corrected chi connectivity index (χ0v) is 22.0. The summed E-state index contributed by atoms with van der Waals surface area (Å²) in [7, 11) is 0. The van der Waals surface area contributed by atoms with E-state index in [4.69, 9.17) is 9.47 Å². The van der Waals surface area contributed by atoms with Crippen LogP contribution in [0.25, 0.3) is 10.9 Å². The van der Waals surface area contributed by atoms with Crippen LogP contribution in [-0.2, 0) is 13.1 Å². The van der Waals surface area contributed by atoms with Crippen molar-refractivity contribution in [1.82, 2.24) is 30.1 Å². The lowest BCUT2D eigenvalue weighted by Gasteiger charge is -2.32. The highest BCUT2D eigenvalue weighted by Gasteiger charge is 2.29.